The van der Waals surface area contributed by atoms with Crippen molar-refractivity contribution in [1.29, 1.82) is 0 Å². The second kappa shape index (κ2) is 7.39. The van der Waals surface area contributed by atoms with Gasteiger partial charge in [-0.25, -0.2) is 0 Å². The third kappa shape index (κ3) is 3.64. The van der Waals surface area contributed by atoms with Crippen LogP contribution in [0.15, 0.2) is 22.7 Å². The van der Waals surface area contributed by atoms with Gasteiger partial charge >= 0.3 is 0 Å². The highest BCUT2D eigenvalue weighted by Gasteiger charge is 2.26. The average molecular weight is 328 g/mol. The van der Waals surface area contributed by atoms with Crippen molar-refractivity contribution in [3.05, 3.63) is 46.3 Å². The van der Waals surface area contributed by atoms with E-state index in [1.807, 2.05) is 6.92 Å². The summed E-state index contributed by atoms with van der Waals surface area (Å²) in [7, 11) is 1.74. The summed E-state index contributed by atoms with van der Waals surface area (Å²) in [6, 6.07) is 6.86. The fourth-order valence-corrected chi connectivity index (χ4v) is 3.69. The van der Waals surface area contributed by atoms with Crippen LogP contribution in [0.2, 0.25) is 0 Å². The Morgan fingerprint density at radius 1 is 1.12 bits per heavy atom. The number of hydrogen-bond donors (Lipinski definition) is 0. The maximum Gasteiger partial charge on any atom is 0.133 e. The lowest BCUT2D eigenvalue weighted by Crippen LogP contribution is -2.28. The van der Waals surface area contributed by atoms with Crippen LogP contribution in [0, 0.1) is 20.8 Å². The highest BCUT2D eigenvalue weighted by molar-refractivity contribution is 5.41. The molecule has 2 heterocycles. The second-order valence-electron chi connectivity index (χ2n) is 6.95. The number of hydrogen-bond acceptors (Lipinski definition) is 4. The zero-order valence-electron chi connectivity index (χ0n) is 15.3. The molecule has 1 atom stereocenters. The van der Waals surface area contributed by atoms with E-state index in [0.29, 0.717) is 6.04 Å². The average Bonchev–Trinajstić information content (AvgIpc) is 2.85. The summed E-state index contributed by atoms with van der Waals surface area (Å²) in [5.74, 6) is 1.86. The van der Waals surface area contributed by atoms with Crippen molar-refractivity contribution in [2.75, 3.05) is 13.7 Å². The molecule has 1 unspecified atom stereocenters. The lowest BCUT2D eigenvalue weighted by molar-refractivity contribution is 0.183. The SMILES string of the molecule is COc1cc(C)c(CN2CCCCCC2c2cc(C)on2)cc1C. The number of ether oxygens (including phenoxy) is 1. The summed E-state index contributed by atoms with van der Waals surface area (Å²) in [6.07, 6.45) is 4.96. The number of aryl methyl sites for hydroxylation is 3. The van der Waals surface area contributed by atoms with Crippen molar-refractivity contribution < 1.29 is 9.26 Å². The van der Waals surface area contributed by atoms with Crippen LogP contribution >= 0.6 is 0 Å². The first-order valence-electron chi connectivity index (χ1n) is 8.90. The molecule has 0 saturated carbocycles. The summed E-state index contributed by atoms with van der Waals surface area (Å²) < 4.78 is 10.8. The van der Waals surface area contributed by atoms with E-state index in [2.05, 4.69) is 42.1 Å². The quantitative estimate of drug-likeness (QED) is 0.813. The van der Waals surface area contributed by atoms with Crippen LogP contribution in [-0.2, 0) is 6.54 Å². The summed E-state index contributed by atoms with van der Waals surface area (Å²) >= 11 is 0. The number of methoxy groups -OCH3 is 1. The molecule has 0 aliphatic carbocycles. The molecule has 1 aliphatic heterocycles. The molecule has 0 radical (unpaired) electrons. The lowest BCUT2D eigenvalue weighted by atomic mass is 10.0. The monoisotopic (exact) mass is 328 g/mol. The van der Waals surface area contributed by atoms with Crippen LogP contribution in [-0.4, -0.2) is 23.7 Å². The topological polar surface area (TPSA) is 38.5 Å². The van der Waals surface area contributed by atoms with Gasteiger partial charge in [-0.05, 0) is 62.9 Å². The fourth-order valence-electron chi connectivity index (χ4n) is 3.69. The van der Waals surface area contributed by atoms with Crippen LogP contribution in [0.3, 0.4) is 0 Å². The Morgan fingerprint density at radius 3 is 2.67 bits per heavy atom. The Kier molecular flexibility index (Phi) is 5.24. The molecule has 0 amide bonds. The summed E-state index contributed by atoms with van der Waals surface area (Å²) in [5, 5.41) is 4.30. The van der Waals surface area contributed by atoms with Crippen molar-refractivity contribution in [3.8, 4) is 5.75 Å². The van der Waals surface area contributed by atoms with Crippen LogP contribution in [0.1, 0.15) is 59.9 Å². The van der Waals surface area contributed by atoms with Crippen molar-refractivity contribution >= 4 is 0 Å². The highest BCUT2D eigenvalue weighted by atomic mass is 16.5. The van der Waals surface area contributed by atoms with E-state index in [0.717, 1.165) is 36.7 Å². The molecule has 130 valence electrons. The van der Waals surface area contributed by atoms with E-state index < -0.39 is 0 Å². The Balaban J connectivity index is 1.86. The van der Waals surface area contributed by atoms with E-state index in [1.54, 1.807) is 7.11 Å². The molecule has 1 aromatic carbocycles. The van der Waals surface area contributed by atoms with Crippen molar-refractivity contribution in [2.45, 2.75) is 59.0 Å². The number of rotatable bonds is 4. The van der Waals surface area contributed by atoms with Gasteiger partial charge in [-0.1, -0.05) is 24.1 Å². The summed E-state index contributed by atoms with van der Waals surface area (Å²) in [6.45, 7) is 8.32. The standard InChI is InChI=1S/C20H28N2O2/c1-14-11-20(23-4)15(2)10-17(14)13-22-9-7-5-6-8-19(22)18-12-16(3)24-21-18/h10-12,19H,5-9,13H2,1-4H3. The molecule has 0 spiro atoms. The first kappa shape index (κ1) is 17.0. The van der Waals surface area contributed by atoms with Crippen LogP contribution in [0.4, 0.5) is 0 Å². The lowest BCUT2D eigenvalue weighted by Gasteiger charge is -2.29. The summed E-state index contributed by atoms with van der Waals surface area (Å²) in [4.78, 5) is 2.57. The molecule has 0 bridgehead atoms. The first-order valence-corrected chi connectivity index (χ1v) is 8.90. The zero-order valence-corrected chi connectivity index (χ0v) is 15.3. The molecule has 4 nitrogen and oxygen atoms in total. The first-order chi connectivity index (χ1) is 11.6. The summed E-state index contributed by atoms with van der Waals surface area (Å²) in [5.41, 5.74) is 4.94. The van der Waals surface area contributed by atoms with Crippen LogP contribution in [0.25, 0.3) is 0 Å². The van der Waals surface area contributed by atoms with Crippen molar-refractivity contribution in [1.82, 2.24) is 10.1 Å². The van der Waals surface area contributed by atoms with Gasteiger partial charge in [0, 0.05) is 12.6 Å². The zero-order chi connectivity index (χ0) is 17.1. The van der Waals surface area contributed by atoms with E-state index >= 15 is 0 Å². The molecular weight excluding hydrogens is 300 g/mol. The predicted octanol–water partition coefficient (Wildman–Crippen LogP) is 4.73. The second-order valence-corrected chi connectivity index (χ2v) is 6.95. The van der Waals surface area contributed by atoms with Crippen LogP contribution < -0.4 is 4.74 Å². The molecule has 1 saturated heterocycles. The molecular formula is C20H28N2O2. The van der Waals surface area contributed by atoms with E-state index in [4.69, 9.17) is 9.26 Å². The molecule has 3 rings (SSSR count). The Labute approximate surface area is 144 Å². The predicted molar refractivity (Wildman–Crippen MR) is 95.3 cm³/mol. The van der Waals surface area contributed by atoms with Gasteiger partial charge in [0.25, 0.3) is 0 Å². The van der Waals surface area contributed by atoms with Gasteiger partial charge in [-0.3, -0.25) is 4.90 Å². The molecule has 4 heteroatoms. The number of likely N-dealkylation sites (tertiary alicyclic amines) is 1. The minimum Gasteiger partial charge on any atom is -0.496 e. The Hall–Kier alpha value is -1.81. The van der Waals surface area contributed by atoms with Gasteiger partial charge in [0.1, 0.15) is 17.2 Å². The molecule has 0 N–H and O–H groups in total. The highest BCUT2D eigenvalue weighted by Crippen LogP contribution is 2.32. The normalized spacial score (nSPS) is 19.2. The largest absolute Gasteiger partial charge is 0.496 e. The van der Waals surface area contributed by atoms with Gasteiger partial charge in [0.15, 0.2) is 0 Å². The molecule has 24 heavy (non-hydrogen) atoms. The molecule has 1 fully saturated rings. The number of nitrogens with zero attached hydrogens (tertiary/aromatic N) is 2. The maximum atomic E-state index is 5.45. The number of benzene rings is 1. The van der Waals surface area contributed by atoms with Crippen molar-refractivity contribution in [2.24, 2.45) is 0 Å². The van der Waals surface area contributed by atoms with E-state index in [-0.39, 0.29) is 0 Å². The third-order valence-corrected chi connectivity index (χ3v) is 5.08. The molecule has 1 aliphatic rings. The molecule has 2 aromatic rings. The van der Waals surface area contributed by atoms with Gasteiger partial charge in [0.2, 0.25) is 0 Å². The van der Waals surface area contributed by atoms with Gasteiger partial charge < -0.3 is 9.26 Å². The Bertz CT molecular complexity index is 693. The van der Waals surface area contributed by atoms with Gasteiger partial charge in [-0.15, -0.1) is 0 Å². The Morgan fingerprint density at radius 2 is 1.96 bits per heavy atom. The van der Waals surface area contributed by atoms with E-state index in [1.165, 1.54) is 36.0 Å². The third-order valence-electron chi connectivity index (χ3n) is 5.08. The fraction of sp³-hybridized carbons (Fsp3) is 0.550. The van der Waals surface area contributed by atoms with Gasteiger partial charge in [-0.2, -0.15) is 0 Å². The minimum atomic E-state index is 0.353. The van der Waals surface area contributed by atoms with E-state index in [9.17, 15) is 0 Å². The number of aromatic nitrogens is 1. The van der Waals surface area contributed by atoms with Crippen molar-refractivity contribution in [3.63, 3.8) is 0 Å². The van der Waals surface area contributed by atoms with Crippen LogP contribution in [0.5, 0.6) is 5.75 Å². The molecule has 1 aromatic heterocycles. The van der Waals surface area contributed by atoms with Gasteiger partial charge in [0.05, 0.1) is 13.2 Å². The smallest absolute Gasteiger partial charge is 0.133 e. The minimum absolute atomic E-state index is 0.353. The maximum absolute atomic E-state index is 5.45.